The van der Waals surface area contributed by atoms with Gasteiger partial charge in [0.2, 0.25) is 0 Å². The molecule has 1 aliphatic heterocycles. The number of hydrogen-bond donors (Lipinski definition) is 1. The third kappa shape index (κ3) is 2.96. The maximum absolute atomic E-state index is 12.3. The number of imidazole rings is 1. The van der Waals surface area contributed by atoms with Crippen LogP contribution < -0.4 is 0 Å². The number of nitrogens with one attached hydrogen (secondary N) is 1. The molecule has 1 saturated heterocycles. The molecule has 28 heavy (non-hydrogen) atoms. The summed E-state index contributed by atoms with van der Waals surface area (Å²) in [5.41, 5.74) is 6.63. The second kappa shape index (κ2) is 6.68. The van der Waals surface area contributed by atoms with Crippen LogP contribution in [-0.4, -0.2) is 55.9 Å². The predicted octanol–water partition coefficient (Wildman–Crippen LogP) is 3.99. The average Bonchev–Trinajstić information content (AvgIpc) is 3.45. The minimum absolute atomic E-state index is 0.0377. The topological polar surface area (TPSA) is 78.0 Å². The first-order chi connectivity index (χ1) is 13.6. The fourth-order valence-electron chi connectivity index (χ4n) is 3.37. The smallest absolute Gasteiger partial charge is 0.320 e. The summed E-state index contributed by atoms with van der Waals surface area (Å²) in [6.45, 7) is 3.90. The number of rotatable bonds is 4. The van der Waals surface area contributed by atoms with E-state index in [4.69, 9.17) is 4.98 Å². The lowest BCUT2D eigenvalue weighted by atomic mass is 10.1. The van der Waals surface area contributed by atoms with Gasteiger partial charge in [-0.05, 0) is 19.1 Å². The van der Waals surface area contributed by atoms with Crippen molar-refractivity contribution in [2.45, 2.75) is 13.5 Å². The highest BCUT2D eigenvalue weighted by Crippen LogP contribution is 2.34. The van der Waals surface area contributed by atoms with E-state index in [-0.39, 0.29) is 6.03 Å². The van der Waals surface area contributed by atoms with Gasteiger partial charge in [-0.2, -0.15) is 0 Å². The van der Waals surface area contributed by atoms with Crippen molar-refractivity contribution in [3.05, 3.63) is 40.6 Å². The molecule has 7 nitrogen and oxygen atoms in total. The lowest BCUT2D eigenvalue weighted by Gasteiger charge is -2.13. The molecule has 5 rings (SSSR count). The quantitative estimate of drug-likeness (QED) is 0.552. The molecule has 0 spiro atoms. The zero-order valence-corrected chi connectivity index (χ0v) is 17.1. The summed E-state index contributed by atoms with van der Waals surface area (Å²) in [6.07, 6.45) is 0. The van der Waals surface area contributed by atoms with Gasteiger partial charge in [0.05, 0.1) is 28.0 Å². The molecule has 9 heteroatoms. The minimum Gasteiger partial charge on any atom is -0.340 e. The van der Waals surface area contributed by atoms with E-state index in [0.29, 0.717) is 13.1 Å². The van der Waals surface area contributed by atoms with Gasteiger partial charge in [-0.3, -0.25) is 0 Å². The summed E-state index contributed by atoms with van der Waals surface area (Å²) in [7, 11) is 1.82. The monoisotopic (exact) mass is 410 g/mol. The average molecular weight is 411 g/mol. The zero-order chi connectivity index (χ0) is 19.3. The van der Waals surface area contributed by atoms with Crippen molar-refractivity contribution in [3.8, 4) is 22.0 Å². The molecule has 1 aliphatic rings. The fourth-order valence-corrected chi connectivity index (χ4v) is 4.87. The standard InChI is InChI=1S/C19H18N6OS2/c1-11-9-27-18(21-11)17-16(12-3-4-13-14(7-12)28-10-20-13)22-15(23-17)8-25-6-5-24(2)19(25)26/h3-4,7,9-10H,5-6,8H2,1-2H3,(H,22,23). The van der Waals surface area contributed by atoms with Crippen LogP contribution in [0.25, 0.3) is 32.2 Å². The van der Waals surface area contributed by atoms with Crippen LogP contribution in [0.3, 0.4) is 0 Å². The summed E-state index contributed by atoms with van der Waals surface area (Å²) in [6, 6.07) is 6.24. The number of aryl methyl sites for hydroxylation is 1. The molecule has 0 atom stereocenters. The van der Waals surface area contributed by atoms with Gasteiger partial charge in [0.15, 0.2) is 0 Å². The number of amides is 2. The molecule has 0 aliphatic carbocycles. The number of benzene rings is 1. The van der Waals surface area contributed by atoms with E-state index >= 15 is 0 Å². The maximum Gasteiger partial charge on any atom is 0.320 e. The van der Waals surface area contributed by atoms with Crippen molar-refractivity contribution in [2.24, 2.45) is 0 Å². The molecule has 1 fully saturated rings. The van der Waals surface area contributed by atoms with Gasteiger partial charge in [-0.25, -0.2) is 19.7 Å². The van der Waals surface area contributed by atoms with Crippen LogP contribution in [0.1, 0.15) is 11.5 Å². The number of aromatic nitrogens is 4. The molecule has 0 saturated carbocycles. The molecule has 0 bridgehead atoms. The molecule has 3 aromatic heterocycles. The lowest BCUT2D eigenvalue weighted by molar-refractivity contribution is 0.196. The van der Waals surface area contributed by atoms with Crippen LogP contribution in [-0.2, 0) is 6.54 Å². The Labute approximate surface area is 169 Å². The van der Waals surface area contributed by atoms with Crippen LogP contribution in [0, 0.1) is 6.92 Å². The maximum atomic E-state index is 12.3. The van der Waals surface area contributed by atoms with Gasteiger partial charge < -0.3 is 14.8 Å². The van der Waals surface area contributed by atoms with Gasteiger partial charge in [-0.15, -0.1) is 22.7 Å². The van der Waals surface area contributed by atoms with E-state index in [1.807, 2.05) is 35.8 Å². The minimum atomic E-state index is 0.0377. The molecule has 1 aromatic carbocycles. The Morgan fingerprint density at radius 2 is 2.11 bits per heavy atom. The van der Waals surface area contributed by atoms with E-state index in [9.17, 15) is 4.79 Å². The molecular weight excluding hydrogens is 392 g/mol. The number of hydrogen-bond acceptors (Lipinski definition) is 6. The Kier molecular flexibility index (Phi) is 4.13. The molecule has 4 heterocycles. The Hall–Kier alpha value is -2.78. The van der Waals surface area contributed by atoms with Crippen LogP contribution in [0.15, 0.2) is 29.1 Å². The number of thiazole rings is 2. The summed E-state index contributed by atoms with van der Waals surface area (Å²) in [5, 5.41) is 2.91. The Morgan fingerprint density at radius 1 is 1.21 bits per heavy atom. The van der Waals surface area contributed by atoms with Crippen molar-refractivity contribution in [1.82, 2.24) is 29.7 Å². The van der Waals surface area contributed by atoms with E-state index in [1.54, 1.807) is 27.6 Å². The van der Waals surface area contributed by atoms with Crippen molar-refractivity contribution >= 4 is 38.9 Å². The molecule has 4 aromatic rings. The molecule has 2 amide bonds. The second-order valence-electron chi connectivity index (χ2n) is 6.86. The number of likely N-dealkylation sites (N-methyl/N-ethyl adjacent to an activating group) is 1. The van der Waals surface area contributed by atoms with E-state index in [1.165, 1.54) is 0 Å². The molecule has 0 unspecified atom stereocenters. The number of H-pyrrole nitrogens is 1. The van der Waals surface area contributed by atoms with Gasteiger partial charge >= 0.3 is 6.03 Å². The number of carbonyl (C=O) groups excluding carboxylic acids is 1. The lowest BCUT2D eigenvalue weighted by Crippen LogP contribution is -2.29. The predicted molar refractivity (Wildman–Crippen MR) is 111 cm³/mol. The highest BCUT2D eigenvalue weighted by Gasteiger charge is 2.27. The summed E-state index contributed by atoms with van der Waals surface area (Å²) < 4.78 is 1.13. The Morgan fingerprint density at radius 3 is 2.86 bits per heavy atom. The first kappa shape index (κ1) is 17.3. The largest absolute Gasteiger partial charge is 0.340 e. The van der Waals surface area contributed by atoms with Gasteiger partial charge in [0.1, 0.15) is 16.5 Å². The van der Waals surface area contributed by atoms with Gasteiger partial charge in [-0.1, -0.05) is 6.07 Å². The van der Waals surface area contributed by atoms with Gasteiger partial charge in [0, 0.05) is 36.8 Å². The zero-order valence-electron chi connectivity index (χ0n) is 15.5. The molecular formula is C19H18N6OS2. The first-order valence-electron chi connectivity index (χ1n) is 8.93. The van der Waals surface area contributed by atoms with Crippen molar-refractivity contribution in [3.63, 3.8) is 0 Å². The van der Waals surface area contributed by atoms with Crippen LogP contribution >= 0.6 is 22.7 Å². The second-order valence-corrected chi connectivity index (χ2v) is 8.61. The van der Waals surface area contributed by atoms with Crippen LogP contribution in [0.2, 0.25) is 0 Å². The Bertz CT molecular complexity index is 1180. The number of nitrogens with zero attached hydrogens (tertiary/aromatic N) is 5. The van der Waals surface area contributed by atoms with Gasteiger partial charge in [0.25, 0.3) is 0 Å². The SMILES string of the molecule is Cc1csc(-c2nc(CN3CCN(C)C3=O)[nH]c2-c2ccc3ncsc3c2)n1. The van der Waals surface area contributed by atoms with Crippen molar-refractivity contribution in [1.29, 1.82) is 0 Å². The third-order valence-corrected chi connectivity index (χ3v) is 6.60. The Balaban J connectivity index is 1.58. The summed E-state index contributed by atoms with van der Waals surface area (Å²) in [4.78, 5) is 33.1. The number of aromatic amines is 1. The molecule has 0 radical (unpaired) electrons. The number of urea groups is 1. The van der Waals surface area contributed by atoms with Crippen molar-refractivity contribution < 1.29 is 4.79 Å². The van der Waals surface area contributed by atoms with E-state index in [2.05, 4.69) is 27.1 Å². The number of fused-ring (bicyclic) bond motifs is 1. The highest BCUT2D eigenvalue weighted by atomic mass is 32.1. The number of carbonyl (C=O) groups is 1. The van der Waals surface area contributed by atoms with Crippen molar-refractivity contribution in [2.75, 3.05) is 20.1 Å². The fraction of sp³-hybridized carbons (Fsp3) is 0.263. The summed E-state index contributed by atoms with van der Waals surface area (Å²) >= 11 is 3.20. The van der Waals surface area contributed by atoms with E-state index < -0.39 is 0 Å². The first-order valence-corrected chi connectivity index (χ1v) is 10.7. The molecule has 142 valence electrons. The third-order valence-electron chi connectivity index (χ3n) is 4.84. The van der Waals surface area contributed by atoms with E-state index in [0.717, 1.165) is 50.2 Å². The van der Waals surface area contributed by atoms with Crippen LogP contribution in [0.5, 0.6) is 0 Å². The molecule has 1 N–H and O–H groups in total. The highest BCUT2D eigenvalue weighted by molar-refractivity contribution is 7.16. The van der Waals surface area contributed by atoms with Crippen LogP contribution in [0.4, 0.5) is 4.79 Å². The summed E-state index contributed by atoms with van der Waals surface area (Å²) in [5.74, 6) is 0.769. The normalized spacial score (nSPS) is 14.6.